The maximum Gasteiger partial charge on any atom is 0.487 e. The zero-order chi connectivity index (χ0) is 24.9. The summed E-state index contributed by atoms with van der Waals surface area (Å²) in [6.45, 7) is -1.06. The van der Waals surface area contributed by atoms with Crippen molar-refractivity contribution < 1.29 is 65.9 Å². The summed E-state index contributed by atoms with van der Waals surface area (Å²) in [6, 6.07) is 0. The van der Waals surface area contributed by atoms with Gasteiger partial charge < -0.3 is 44.8 Å². The Bertz CT molecular complexity index is 1260. The van der Waals surface area contributed by atoms with Crippen LogP contribution in [-0.2, 0) is 38.6 Å². The van der Waals surface area contributed by atoms with E-state index in [1.54, 1.807) is 0 Å². The van der Waals surface area contributed by atoms with Crippen molar-refractivity contribution in [1.82, 2.24) is 14.5 Å². The number of aliphatic hydroxyl groups is 2. The minimum atomic E-state index is -5.79. The van der Waals surface area contributed by atoms with Crippen LogP contribution in [0, 0.1) is 0 Å². The van der Waals surface area contributed by atoms with Gasteiger partial charge in [-0.3, -0.25) is 18.9 Å². The van der Waals surface area contributed by atoms with Gasteiger partial charge in [-0.05, 0) is 0 Å². The summed E-state index contributed by atoms with van der Waals surface area (Å²) < 4.78 is 52.9. The number of phosphoric ester groups is 1. The third-order valence-electron chi connectivity index (χ3n) is 4.21. The van der Waals surface area contributed by atoms with Gasteiger partial charge in [0.15, 0.2) is 6.33 Å². The molecule has 1 aliphatic heterocycles. The molecule has 0 radical (unpaired) electrons. The first kappa shape index (κ1) is 26.1. The topological polar surface area (TPSA) is 293 Å². The van der Waals surface area contributed by atoms with Gasteiger partial charge in [0.25, 0.3) is 19.3 Å². The zero-order valence-corrected chi connectivity index (χ0v) is 18.9. The van der Waals surface area contributed by atoms with Crippen molar-refractivity contribution in [3.8, 4) is 0 Å². The number of fused-ring (bicyclic) bond motifs is 1. The van der Waals surface area contributed by atoms with Crippen LogP contribution in [0.2, 0.25) is 0 Å². The van der Waals surface area contributed by atoms with Crippen LogP contribution in [0.5, 0.6) is 0 Å². The largest absolute Gasteiger partial charge is 0.756 e. The predicted octanol–water partition coefficient (Wildman–Crippen LogP) is -3.54. The van der Waals surface area contributed by atoms with Crippen LogP contribution in [0.1, 0.15) is 6.23 Å². The second kappa shape index (κ2) is 8.90. The highest BCUT2D eigenvalue weighted by atomic mass is 31.3. The number of nitrogen functional groups attached to an aromatic ring is 1. The lowest BCUT2D eigenvalue weighted by Crippen LogP contribution is -2.46. The van der Waals surface area contributed by atoms with Crippen molar-refractivity contribution >= 4 is 40.6 Å². The SMILES string of the molecule is Cn1c[n+]([C@@H]2O[C@H](COP(=O)([O-])OP(=O)(O)OP(=O)(O)O)[C@@H](O)[C@H]2O)c2nc(N)[nH]c(=O)c21. The molecule has 0 aliphatic carbocycles. The lowest BCUT2D eigenvalue weighted by atomic mass is 10.1. The van der Waals surface area contributed by atoms with Gasteiger partial charge in [0, 0.05) is 0 Å². The monoisotopic (exact) mass is 537 g/mol. The fraction of sp³-hybridized carbons (Fsp3) is 0.545. The van der Waals surface area contributed by atoms with Crippen LogP contribution in [0.25, 0.3) is 11.2 Å². The van der Waals surface area contributed by atoms with Gasteiger partial charge in [0.05, 0.1) is 13.7 Å². The average molecular weight is 537 g/mol. The van der Waals surface area contributed by atoms with Crippen LogP contribution in [0.3, 0.4) is 0 Å². The minimum Gasteiger partial charge on any atom is -0.756 e. The quantitative estimate of drug-likeness (QED) is 0.127. The summed E-state index contributed by atoms with van der Waals surface area (Å²) in [4.78, 5) is 56.2. The number of nitrogens with one attached hydrogen (secondary N) is 1. The van der Waals surface area contributed by atoms with E-state index in [0.717, 1.165) is 4.57 Å². The number of imidazole rings is 1. The molecule has 3 rings (SSSR count). The van der Waals surface area contributed by atoms with Crippen molar-refractivity contribution in [1.29, 1.82) is 0 Å². The highest BCUT2D eigenvalue weighted by Gasteiger charge is 2.48. The highest BCUT2D eigenvalue weighted by Crippen LogP contribution is 2.65. The summed E-state index contributed by atoms with van der Waals surface area (Å²) >= 11 is 0. The molecule has 186 valence electrons. The first-order valence-corrected chi connectivity index (χ1v) is 13.0. The smallest absolute Gasteiger partial charge is 0.487 e. The number of aromatic nitrogens is 4. The average Bonchev–Trinajstić information content (AvgIpc) is 3.07. The first-order valence-electron chi connectivity index (χ1n) is 8.54. The Hall–Kier alpha value is -1.56. The molecule has 3 heterocycles. The summed E-state index contributed by atoms with van der Waals surface area (Å²) in [5.41, 5.74) is 4.92. The summed E-state index contributed by atoms with van der Waals surface area (Å²) in [6.07, 6.45) is -5.12. The fourth-order valence-electron chi connectivity index (χ4n) is 3.02. The second-order valence-electron chi connectivity index (χ2n) is 6.67. The molecule has 1 fully saturated rings. The van der Waals surface area contributed by atoms with E-state index in [-0.39, 0.29) is 17.1 Å². The Balaban J connectivity index is 1.76. The Morgan fingerprint density at radius 2 is 1.91 bits per heavy atom. The first-order chi connectivity index (χ1) is 15.0. The van der Waals surface area contributed by atoms with E-state index in [9.17, 15) is 33.6 Å². The number of aryl methyl sites for hydroxylation is 1. The molecule has 0 amide bonds. The van der Waals surface area contributed by atoms with Gasteiger partial charge in [0.2, 0.25) is 11.7 Å². The maximum atomic E-state index is 12.1. The van der Waals surface area contributed by atoms with Crippen molar-refractivity contribution in [3.63, 3.8) is 0 Å². The fourth-order valence-corrected chi connectivity index (χ4v) is 6.01. The molecule has 1 saturated heterocycles. The van der Waals surface area contributed by atoms with Crippen LogP contribution in [0.15, 0.2) is 11.1 Å². The van der Waals surface area contributed by atoms with E-state index in [4.69, 9.17) is 25.2 Å². The molecule has 33 heavy (non-hydrogen) atoms. The number of nitrogens with two attached hydrogens (primary N) is 1. The van der Waals surface area contributed by atoms with Crippen LogP contribution < -0.4 is 20.8 Å². The summed E-state index contributed by atoms with van der Waals surface area (Å²) in [5.74, 6) is -0.254. The minimum absolute atomic E-state index is 0.0368. The van der Waals surface area contributed by atoms with Crippen LogP contribution in [-0.4, -0.2) is 64.3 Å². The third-order valence-corrected chi connectivity index (χ3v) is 7.98. The van der Waals surface area contributed by atoms with Gasteiger partial charge in [-0.2, -0.15) is 4.31 Å². The third kappa shape index (κ3) is 5.93. The Morgan fingerprint density at radius 3 is 2.52 bits per heavy atom. The van der Waals surface area contributed by atoms with Crippen LogP contribution >= 0.6 is 23.5 Å². The number of anilines is 1. The van der Waals surface area contributed by atoms with E-state index in [1.807, 2.05) is 0 Å². The summed E-state index contributed by atoms with van der Waals surface area (Å²) in [7, 11) is -15.6. The van der Waals surface area contributed by atoms with Gasteiger partial charge >= 0.3 is 21.3 Å². The predicted molar refractivity (Wildman–Crippen MR) is 99.5 cm³/mol. The molecule has 2 aromatic heterocycles. The molecule has 0 saturated carbocycles. The number of hydrogen-bond donors (Lipinski definition) is 7. The maximum absolute atomic E-state index is 12.1. The standard InChI is InChI=1S/C11H18N5O14P3/c1-15-3-16(8-5(15)9(19)14-11(12)13-8)10-7(18)6(17)4(28-10)2-27-32(23,24)30-33(25,26)29-31(20,21)22/h3-4,6-7,10,17-18H,2H2,1H3,(H6-,12,13,14,19,20,21,22,23,24,25,26)/t4-,6-,7-,10-/m1/s1. The molecule has 22 heteroatoms. The molecule has 0 aromatic carbocycles. The summed E-state index contributed by atoms with van der Waals surface area (Å²) in [5, 5.41) is 20.6. The van der Waals surface area contributed by atoms with Crippen molar-refractivity contribution in [2.45, 2.75) is 24.5 Å². The Kier molecular flexibility index (Phi) is 7.03. The van der Waals surface area contributed by atoms with Gasteiger partial charge in [0.1, 0.15) is 18.3 Å². The Morgan fingerprint density at radius 1 is 1.27 bits per heavy atom. The normalized spacial score (nSPS) is 27.5. The van der Waals surface area contributed by atoms with E-state index >= 15 is 0 Å². The number of phosphoric acid groups is 3. The lowest BCUT2D eigenvalue weighted by Gasteiger charge is -2.26. The van der Waals surface area contributed by atoms with E-state index < -0.39 is 60.2 Å². The molecule has 8 N–H and O–H groups in total. The molecule has 0 spiro atoms. The second-order valence-corrected chi connectivity index (χ2v) is 11.0. The number of nitrogens with zero attached hydrogens (tertiary/aromatic N) is 3. The Labute approximate surface area is 182 Å². The zero-order valence-electron chi connectivity index (χ0n) is 16.3. The van der Waals surface area contributed by atoms with E-state index in [0.29, 0.717) is 0 Å². The van der Waals surface area contributed by atoms with Gasteiger partial charge in [-0.15, -0.1) is 0 Å². The lowest BCUT2D eigenvalue weighted by molar-refractivity contribution is -0.745. The van der Waals surface area contributed by atoms with Crippen LogP contribution in [0.4, 0.5) is 5.95 Å². The number of ether oxygens (including phenoxy) is 1. The number of hydrogen-bond acceptors (Lipinski definition) is 13. The molecule has 1 aliphatic rings. The van der Waals surface area contributed by atoms with Crippen molar-refractivity contribution in [3.05, 3.63) is 16.7 Å². The number of rotatable bonds is 8. The molecule has 19 nitrogen and oxygen atoms in total. The molecular formula is C11H18N5O14P3. The molecule has 0 bridgehead atoms. The molecule has 2 aromatic rings. The number of aromatic amines is 1. The van der Waals surface area contributed by atoms with E-state index in [2.05, 4.69) is 23.1 Å². The van der Waals surface area contributed by atoms with Gasteiger partial charge in [-0.1, -0.05) is 4.98 Å². The number of aliphatic hydroxyl groups excluding tert-OH is 2. The molecular weight excluding hydrogens is 519 g/mol. The highest BCUT2D eigenvalue weighted by molar-refractivity contribution is 7.66. The number of H-pyrrole nitrogens is 1. The van der Waals surface area contributed by atoms with Gasteiger partial charge in [-0.25, -0.2) is 18.0 Å². The van der Waals surface area contributed by atoms with E-state index in [1.165, 1.54) is 17.9 Å². The molecule has 6 atom stereocenters. The van der Waals surface area contributed by atoms with Crippen molar-refractivity contribution in [2.75, 3.05) is 12.3 Å². The molecule has 2 unspecified atom stereocenters. The van der Waals surface area contributed by atoms with Crippen molar-refractivity contribution in [2.24, 2.45) is 7.05 Å².